The van der Waals surface area contributed by atoms with Crippen LogP contribution in [0.3, 0.4) is 0 Å². The Bertz CT molecular complexity index is 778. The molecule has 1 aliphatic rings. The van der Waals surface area contributed by atoms with Gasteiger partial charge < -0.3 is 19.1 Å². The Hall–Kier alpha value is -2.41. The van der Waals surface area contributed by atoms with E-state index in [1.165, 1.54) is 0 Å². The first kappa shape index (κ1) is 19.4. The molecule has 0 bridgehead atoms. The van der Waals surface area contributed by atoms with Gasteiger partial charge in [-0.05, 0) is 52.1 Å². The fraction of sp³-hybridized carbons (Fsp3) is 0.550. The zero-order valence-corrected chi connectivity index (χ0v) is 16.7. The van der Waals surface area contributed by atoms with Crippen LogP contribution in [0.1, 0.15) is 47.7 Å². The third kappa shape index (κ3) is 4.30. The highest BCUT2D eigenvalue weighted by Gasteiger charge is 2.28. The van der Waals surface area contributed by atoms with Crippen molar-refractivity contribution in [2.45, 2.75) is 38.8 Å². The lowest BCUT2D eigenvalue weighted by Gasteiger charge is -2.32. The SMILES string of the molecule is CCn1c(CN(C)C)nnc1C1CCN(C(=O)c2cccc(OC)c2)CC1. The van der Waals surface area contributed by atoms with Gasteiger partial charge in [-0.1, -0.05) is 6.07 Å². The third-order valence-electron chi connectivity index (χ3n) is 5.09. The molecule has 1 amide bonds. The van der Waals surface area contributed by atoms with Crippen molar-refractivity contribution in [3.05, 3.63) is 41.5 Å². The van der Waals surface area contributed by atoms with E-state index in [1.54, 1.807) is 13.2 Å². The molecule has 1 aliphatic heterocycles. The maximum Gasteiger partial charge on any atom is 0.253 e. The number of hydrogen-bond donors (Lipinski definition) is 0. The van der Waals surface area contributed by atoms with Gasteiger partial charge in [0.15, 0.2) is 0 Å². The Labute approximate surface area is 160 Å². The summed E-state index contributed by atoms with van der Waals surface area (Å²) in [6.45, 7) is 5.26. The van der Waals surface area contributed by atoms with Crippen LogP contribution in [0.25, 0.3) is 0 Å². The van der Waals surface area contributed by atoms with Gasteiger partial charge in [0.05, 0.1) is 13.7 Å². The van der Waals surface area contributed by atoms with Crippen LogP contribution >= 0.6 is 0 Å². The molecule has 1 aromatic heterocycles. The maximum absolute atomic E-state index is 12.8. The number of methoxy groups -OCH3 is 1. The smallest absolute Gasteiger partial charge is 0.253 e. The fourth-order valence-electron chi connectivity index (χ4n) is 3.67. The van der Waals surface area contributed by atoms with Crippen molar-refractivity contribution in [1.82, 2.24) is 24.6 Å². The average Bonchev–Trinajstić information content (AvgIpc) is 3.09. The number of aromatic nitrogens is 3. The highest BCUT2D eigenvalue weighted by atomic mass is 16.5. The van der Waals surface area contributed by atoms with Crippen LogP contribution in [0.4, 0.5) is 0 Å². The first-order valence-corrected chi connectivity index (χ1v) is 9.53. The second-order valence-electron chi connectivity index (χ2n) is 7.25. The second-order valence-corrected chi connectivity index (χ2v) is 7.25. The lowest BCUT2D eigenvalue weighted by atomic mass is 9.95. The van der Waals surface area contributed by atoms with Crippen molar-refractivity contribution in [3.8, 4) is 5.75 Å². The summed E-state index contributed by atoms with van der Waals surface area (Å²) in [5, 5.41) is 8.88. The number of likely N-dealkylation sites (tertiary alicyclic amines) is 1. The topological polar surface area (TPSA) is 63.5 Å². The number of piperidine rings is 1. The van der Waals surface area contributed by atoms with Gasteiger partial charge in [-0.3, -0.25) is 4.79 Å². The van der Waals surface area contributed by atoms with Crippen molar-refractivity contribution in [2.75, 3.05) is 34.3 Å². The number of amides is 1. The first-order valence-electron chi connectivity index (χ1n) is 9.53. The minimum absolute atomic E-state index is 0.0672. The lowest BCUT2D eigenvalue weighted by Crippen LogP contribution is -2.38. The summed E-state index contributed by atoms with van der Waals surface area (Å²) in [4.78, 5) is 16.8. The van der Waals surface area contributed by atoms with Gasteiger partial charge in [-0.25, -0.2) is 0 Å². The fourth-order valence-corrected chi connectivity index (χ4v) is 3.67. The van der Waals surface area contributed by atoms with Gasteiger partial charge in [0.1, 0.15) is 17.4 Å². The third-order valence-corrected chi connectivity index (χ3v) is 5.09. The normalized spacial score (nSPS) is 15.4. The summed E-state index contributed by atoms with van der Waals surface area (Å²) in [7, 11) is 5.69. The molecule has 2 heterocycles. The summed E-state index contributed by atoms with van der Waals surface area (Å²) in [6.07, 6.45) is 1.83. The van der Waals surface area contributed by atoms with Crippen LogP contribution in [-0.4, -0.2) is 64.8 Å². The molecule has 1 fully saturated rings. The number of carbonyl (C=O) groups is 1. The van der Waals surface area contributed by atoms with Gasteiger partial charge in [0, 0.05) is 31.1 Å². The number of ether oxygens (including phenoxy) is 1. The number of nitrogens with zero attached hydrogens (tertiary/aromatic N) is 5. The van der Waals surface area contributed by atoms with Crippen LogP contribution in [0.2, 0.25) is 0 Å². The molecule has 0 radical (unpaired) electrons. The number of carbonyl (C=O) groups excluding carboxylic acids is 1. The van der Waals surface area contributed by atoms with Crippen molar-refractivity contribution in [1.29, 1.82) is 0 Å². The highest BCUT2D eigenvalue weighted by molar-refractivity contribution is 5.94. The molecule has 0 atom stereocenters. The van der Waals surface area contributed by atoms with E-state index in [2.05, 4.69) is 26.6 Å². The van der Waals surface area contributed by atoms with Gasteiger partial charge in [0.25, 0.3) is 5.91 Å². The van der Waals surface area contributed by atoms with E-state index in [0.717, 1.165) is 50.7 Å². The van der Waals surface area contributed by atoms with Crippen molar-refractivity contribution in [3.63, 3.8) is 0 Å². The molecule has 0 unspecified atom stereocenters. The standard InChI is InChI=1S/C20H29N5O2/c1-5-25-18(14-23(2)3)21-22-19(25)15-9-11-24(12-10-15)20(26)16-7-6-8-17(13-16)27-4/h6-8,13,15H,5,9-12,14H2,1-4H3. The molecule has 1 saturated heterocycles. The first-order chi connectivity index (χ1) is 13.0. The molecule has 2 aromatic rings. The molecule has 0 saturated carbocycles. The minimum Gasteiger partial charge on any atom is -0.497 e. The molecule has 7 nitrogen and oxygen atoms in total. The number of rotatable bonds is 6. The van der Waals surface area contributed by atoms with Crippen LogP contribution in [0.15, 0.2) is 24.3 Å². The molecular formula is C20H29N5O2. The summed E-state index contributed by atoms with van der Waals surface area (Å²) < 4.78 is 7.46. The number of benzene rings is 1. The molecule has 1 aromatic carbocycles. The largest absolute Gasteiger partial charge is 0.497 e. The van der Waals surface area contributed by atoms with Crippen LogP contribution in [-0.2, 0) is 13.1 Å². The van der Waals surface area contributed by atoms with Crippen molar-refractivity contribution >= 4 is 5.91 Å². The van der Waals surface area contributed by atoms with Crippen LogP contribution in [0.5, 0.6) is 5.75 Å². The van der Waals surface area contributed by atoms with E-state index in [4.69, 9.17) is 4.74 Å². The van der Waals surface area contributed by atoms with Gasteiger partial charge >= 0.3 is 0 Å². The predicted molar refractivity (Wildman–Crippen MR) is 104 cm³/mol. The lowest BCUT2D eigenvalue weighted by molar-refractivity contribution is 0.0710. The Morgan fingerprint density at radius 3 is 2.63 bits per heavy atom. The van der Waals surface area contributed by atoms with Crippen LogP contribution in [0, 0.1) is 0 Å². The molecule has 0 aliphatic carbocycles. The average molecular weight is 371 g/mol. The van der Waals surface area contributed by atoms with E-state index in [-0.39, 0.29) is 5.91 Å². The van der Waals surface area contributed by atoms with E-state index >= 15 is 0 Å². The molecule has 0 spiro atoms. The molecule has 146 valence electrons. The van der Waals surface area contributed by atoms with Crippen LogP contribution < -0.4 is 4.74 Å². The second kappa shape index (κ2) is 8.52. The van der Waals surface area contributed by atoms with E-state index in [9.17, 15) is 4.79 Å². The summed E-state index contributed by atoms with van der Waals surface area (Å²) >= 11 is 0. The predicted octanol–water partition coefficient (Wildman–Crippen LogP) is 2.39. The minimum atomic E-state index is 0.0672. The van der Waals surface area contributed by atoms with E-state index in [0.29, 0.717) is 17.2 Å². The van der Waals surface area contributed by atoms with Gasteiger partial charge in [-0.2, -0.15) is 0 Å². The Balaban J connectivity index is 1.66. The van der Waals surface area contributed by atoms with Crippen molar-refractivity contribution in [2.24, 2.45) is 0 Å². The highest BCUT2D eigenvalue weighted by Crippen LogP contribution is 2.28. The maximum atomic E-state index is 12.8. The Kier molecular flexibility index (Phi) is 6.11. The van der Waals surface area contributed by atoms with Gasteiger partial charge in [-0.15, -0.1) is 10.2 Å². The Morgan fingerprint density at radius 2 is 2.00 bits per heavy atom. The molecule has 7 heteroatoms. The van der Waals surface area contributed by atoms with E-state index < -0.39 is 0 Å². The molecule has 0 N–H and O–H groups in total. The Morgan fingerprint density at radius 1 is 1.26 bits per heavy atom. The zero-order chi connectivity index (χ0) is 19.4. The molecule has 27 heavy (non-hydrogen) atoms. The summed E-state index contributed by atoms with van der Waals surface area (Å²) in [5.41, 5.74) is 0.679. The van der Waals surface area contributed by atoms with Gasteiger partial charge in [0.2, 0.25) is 0 Å². The zero-order valence-electron chi connectivity index (χ0n) is 16.7. The monoisotopic (exact) mass is 371 g/mol. The number of hydrogen-bond acceptors (Lipinski definition) is 5. The molecular weight excluding hydrogens is 342 g/mol. The molecule has 3 rings (SSSR count). The quantitative estimate of drug-likeness (QED) is 0.780. The summed E-state index contributed by atoms with van der Waals surface area (Å²) in [6, 6.07) is 7.36. The van der Waals surface area contributed by atoms with E-state index in [1.807, 2.05) is 37.2 Å². The summed E-state index contributed by atoms with van der Waals surface area (Å²) in [5.74, 6) is 3.19. The van der Waals surface area contributed by atoms with Crippen molar-refractivity contribution < 1.29 is 9.53 Å².